The van der Waals surface area contributed by atoms with Crippen molar-refractivity contribution in [2.75, 3.05) is 4.90 Å². The fraction of sp³-hybridized carbons (Fsp3) is 0.368. The zero-order chi connectivity index (χ0) is 21.8. The lowest BCUT2D eigenvalue weighted by Crippen LogP contribution is -2.55. The summed E-state index contributed by atoms with van der Waals surface area (Å²) in [5, 5.41) is 8.99. The second kappa shape index (κ2) is 7.26. The maximum atomic E-state index is 14.2. The highest BCUT2D eigenvalue weighted by Gasteiger charge is 2.60. The number of halogens is 5. The summed E-state index contributed by atoms with van der Waals surface area (Å²) in [6.45, 7) is 0. The Balaban J connectivity index is 1.73. The number of nitriles is 1. The molecule has 0 aromatic heterocycles. The van der Waals surface area contributed by atoms with E-state index in [1.807, 2.05) is 22.6 Å². The van der Waals surface area contributed by atoms with Crippen LogP contribution < -0.4 is 4.90 Å². The summed E-state index contributed by atoms with van der Waals surface area (Å²) < 4.78 is 54.8. The minimum atomic E-state index is -4.75. The van der Waals surface area contributed by atoms with Gasteiger partial charge in [0.25, 0.3) is 5.91 Å². The van der Waals surface area contributed by atoms with Gasteiger partial charge in [0.2, 0.25) is 0 Å². The summed E-state index contributed by atoms with van der Waals surface area (Å²) in [7, 11) is 0. The van der Waals surface area contributed by atoms with Crippen molar-refractivity contribution in [2.24, 2.45) is 4.99 Å². The van der Waals surface area contributed by atoms with Crippen LogP contribution in [0.5, 0.6) is 0 Å². The number of carbonyl (C=O) groups excluding carboxylic acids is 1. The molecule has 1 unspecified atom stereocenters. The molecule has 0 radical (unpaired) electrons. The van der Waals surface area contributed by atoms with E-state index in [9.17, 15) is 22.4 Å². The summed E-state index contributed by atoms with van der Waals surface area (Å²) in [6, 6.07) is 4.84. The number of hydrogen-bond acceptors (Lipinski definition) is 4. The van der Waals surface area contributed by atoms with Gasteiger partial charge in [0.05, 0.1) is 11.6 Å². The van der Waals surface area contributed by atoms with Crippen LogP contribution in [0.3, 0.4) is 0 Å². The van der Waals surface area contributed by atoms with Gasteiger partial charge in [0.15, 0.2) is 5.11 Å². The molecule has 1 aliphatic carbocycles. The third-order valence-electron chi connectivity index (χ3n) is 5.64. The van der Waals surface area contributed by atoms with Gasteiger partial charge in [0, 0.05) is 21.9 Å². The number of benzene rings is 1. The molecule has 2 aliphatic heterocycles. The molecule has 4 rings (SSSR count). The lowest BCUT2D eigenvalue weighted by Gasteiger charge is -2.43. The van der Waals surface area contributed by atoms with E-state index in [1.165, 1.54) is 12.1 Å². The molecule has 3 aliphatic rings. The van der Waals surface area contributed by atoms with E-state index in [1.54, 1.807) is 17.0 Å². The number of nitrogens with zero attached hydrogens (tertiary/aromatic N) is 4. The van der Waals surface area contributed by atoms with Crippen LogP contribution in [0.15, 0.2) is 34.5 Å². The summed E-state index contributed by atoms with van der Waals surface area (Å²) >= 11 is 7.34. The van der Waals surface area contributed by atoms with Gasteiger partial charge < -0.3 is 4.90 Å². The summed E-state index contributed by atoms with van der Waals surface area (Å²) in [5.41, 5.74) is -2.45. The molecule has 30 heavy (non-hydrogen) atoms. The molecule has 0 bridgehead atoms. The van der Waals surface area contributed by atoms with E-state index in [-0.39, 0.29) is 5.11 Å². The van der Waals surface area contributed by atoms with E-state index >= 15 is 0 Å². The first-order valence-electron chi connectivity index (χ1n) is 8.98. The molecule has 2 heterocycles. The largest absolute Gasteiger partial charge is 0.415 e. The molecule has 1 atom stereocenters. The predicted octanol–water partition coefficient (Wildman–Crippen LogP) is 4.47. The van der Waals surface area contributed by atoms with Crippen molar-refractivity contribution in [1.29, 1.82) is 5.26 Å². The van der Waals surface area contributed by atoms with Crippen LogP contribution in [-0.4, -0.2) is 39.9 Å². The molecule has 1 amide bonds. The normalized spacial score (nSPS) is 23.3. The van der Waals surface area contributed by atoms with Crippen LogP contribution in [0, 0.1) is 20.7 Å². The lowest BCUT2D eigenvalue weighted by molar-refractivity contribution is -0.134. The minimum Gasteiger partial charge on any atom is -0.303 e. The number of carbonyl (C=O) groups is 1. The number of hydrogen-bond donors (Lipinski definition) is 0. The number of thiocarbonyl (C=S) groups is 1. The number of allylic oxidation sites excluding steroid dienone is 1. The maximum Gasteiger partial charge on any atom is 0.415 e. The Bertz CT molecular complexity index is 1060. The van der Waals surface area contributed by atoms with Crippen molar-refractivity contribution in [2.45, 2.75) is 43.4 Å². The molecule has 11 heteroatoms. The van der Waals surface area contributed by atoms with Gasteiger partial charge in [-0.05, 0) is 72.3 Å². The summed E-state index contributed by atoms with van der Waals surface area (Å²) in [5.74, 6) is -0.896. The molecule has 1 spiro atoms. The maximum absolute atomic E-state index is 14.2. The topological polar surface area (TPSA) is 59.7 Å². The zero-order valence-corrected chi connectivity index (χ0v) is 18.2. The van der Waals surface area contributed by atoms with Crippen molar-refractivity contribution < 1.29 is 22.4 Å². The average molecular weight is 548 g/mol. The van der Waals surface area contributed by atoms with Crippen LogP contribution in [0.1, 0.15) is 25.7 Å². The monoisotopic (exact) mass is 548 g/mol. The molecular weight excluding hydrogens is 535 g/mol. The molecule has 1 saturated heterocycles. The van der Waals surface area contributed by atoms with Crippen LogP contribution in [0.4, 0.5) is 23.2 Å². The number of rotatable bonds is 2. The Labute approximate surface area is 188 Å². The van der Waals surface area contributed by atoms with E-state index in [4.69, 9.17) is 17.5 Å². The van der Waals surface area contributed by atoms with E-state index in [0.29, 0.717) is 22.1 Å². The Hall–Kier alpha value is -2.07. The molecule has 1 saturated carbocycles. The third-order valence-corrected chi connectivity index (χ3v) is 6.89. The number of amides is 1. The van der Waals surface area contributed by atoms with Crippen LogP contribution in [0.25, 0.3) is 0 Å². The smallest absolute Gasteiger partial charge is 0.303 e. The SMILES string of the molecule is N#CC1=C(C(F)(F)F)CC(N2C(=O)C3(CCC3)N(c3ccc(I)c(F)c3)C2=S)C=N1. The fourth-order valence-electron chi connectivity index (χ4n) is 4.02. The number of anilines is 1. The van der Waals surface area contributed by atoms with E-state index in [0.717, 1.165) is 17.5 Å². The quantitative estimate of drug-likeness (QED) is 0.311. The van der Waals surface area contributed by atoms with Gasteiger partial charge in [0.1, 0.15) is 23.1 Å². The van der Waals surface area contributed by atoms with E-state index < -0.39 is 47.2 Å². The molecule has 0 N–H and O–H groups in total. The average Bonchev–Trinajstić information content (AvgIpc) is 2.90. The first-order valence-corrected chi connectivity index (χ1v) is 10.5. The number of alkyl halides is 3. The van der Waals surface area contributed by atoms with Crippen molar-refractivity contribution in [3.05, 3.63) is 38.9 Å². The summed E-state index contributed by atoms with van der Waals surface area (Å²) in [4.78, 5) is 19.7. The first kappa shape index (κ1) is 21.2. The standard InChI is InChI=1S/C19H13F4IN4OS/c20-13-7-10(2-3-14(13)24)28-17(30)27(16(29)18(28)4-1-5-18)11-6-12(19(21,22)23)15(8-25)26-9-11/h2-3,7,9,11H,1,4-6H2. The third kappa shape index (κ3) is 3.11. The second-order valence-electron chi connectivity index (χ2n) is 7.26. The molecule has 2 fully saturated rings. The van der Waals surface area contributed by atoms with Gasteiger partial charge in [-0.3, -0.25) is 9.69 Å². The second-order valence-corrected chi connectivity index (χ2v) is 8.79. The zero-order valence-electron chi connectivity index (χ0n) is 15.2. The van der Waals surface area contributed by atoms with Crippen LogP contribution >= 0.6 is 34.8 Å². The fourth-order valence-corrected chi connectivity index (χ4v) is 4.86. The summed E-state index contributed by atoms with van der Waals surface area (Å²) in [6.07, 6.45) is -2.54. The van der Waals surface area contributed by atoms with Crippen molar-refractivity contribution in [3.63, 3.8) is 0 Å². The van der Waals surface area contributed by atoms with Gasteiger partial charge >= 0.3 is 6.18 Å². The molecule has 156 valence electrons. The highest BCUT2D eigenvalue weighted by Crippen LogP contribution is 2.48. The van der Waals surface area contributed by atoms with Crippen LogP contribution in [-0.2, 0) is 4.79 Å². The molecule has 1 aromatic rings. The van der Waals surface area contributed by atoms with Gasteiger partial charge in [-0.2, -0.15) is 18.4 Å². The van der Waals surface area contributed by atoms with Crippen molar-refractivity contribution in [1.82, 2.24) is 4.90 Å². The highest BCUT2D eigenvalue weighted by atomic mass is 127. The van der Waals surface area contributed by atoms with Crippen molar-refractivity contribution in [3.8, 4) is 6.07 Å². The Morgan fingerprint density at radius 2 is 2.03 bits per heavy atom. The van der Waals surface area contributed by atoms with Gasteiger partial charge in [-0.1, -0.05) is 0 Å². The molecule has 5 nitrogen and oxygen atoms in total. The Morgan fingerprint density at radius 1 is 1.33 bits per heavy atom. The molecular formula is C19H13F4IN4OS. The van der Waals surface area contributed by atoms with Crippen LogP contribution in [0.2, 0.25) is 0 Å². The van der Waals surface area contributed by atoms with E-state index in [2.05, 4.69) is 4.99 Å². The minimum absolute atomic E-state index is 0.0127. The highest BCUT2D eigenvalue weighted by molar-refractivity contribution is 14.1. The van der Waals surface area contributed by atoms with Gasteiger partial charge in [-0.15, -0.1) is 0 Å². The van der Waals surface area contributed by atoms with Crippen molar-refractivity contribution >= 4 is 57.7 Å². The molecule has 1 aromatic carbocycles. The lowest BCUT2D eigenvalue weighted by atomic mass is 9.75. The first-order chi connectivity index (χ1) is 14.1. The number of aliphatic imine (C=N–C) groups is 1. The van der Waals surface area contributed by atoms with Gasteiger partial charge in [-0.25, -0.2) is 9.38 Å². The Morgan fingerprint density at radius 3 is 2.57 bits per heavy atom. The Kier molecular flexibility index (Phi) is 5.13. The predicted molar refractivity (Wildman–Crippen MR) is 113 cm³/mol.